The van der Waals surface area contributed by atoms with E-state index in [4.69, 9.17) is 0 Å². The Labute approximate surface area is 85.3 Å². The molecule has 1 aromatic carbocycles. The van der Waals surface area contributed by atoms with Gasteiger partial charge in [-0.1, -0.05) is 25.8 Å². The van der Waals surface area contributed by atoms with Gasteiger partial charge in [-0.25, -0.2) is 4.39 Å². The zero-order chi connectivity index (χ0) is 10.4. The number of benzene rings is 1. The summed E-state index contributed by atoms with van der Waals surface area (Å²) in [5, 5.41) is 3.25. The van der Waals surface area contributed by atoms with E-state index in [9.17, 15) is 4.39 Å². The minimum atomic E-state index is -0.134. The van der Waals surface area contributed by atoms with Crippen LogP contribution in [0.15, 0.2) is 18.2 Å². The lowest BCUT2D eigenvalue weighted by molar-refractivity contribution is 0.619. The topological polar surface area (TPSA) is 12.0 Å². The minimum absolute atomic E-state index is 0.134. The maximum absolute atomic E-state index is 13.1. The van der Waals surface area contributed by atoms with Crippen molar-refractivity contribution < 1.29 is 4.39 Å². The van der Waals surface area contributed by atoms with Crippen LogP contribution in [0.5, 0.6) is 0 Å². The highest BCUT2D eigenvalue weighted by atomic mass is 19.1. The van der Waals surface area contributed by atoms with E-state index in [1.54, 1.807) is 13.0 Å². The lowest BCUT2D eigenvalue weighted by Crippen LogP contribution is -2.03. The van der Waals surface area contributed by atoms with Crippen molar-refractivity contribution in [1.82, 2.24) is 0 Å². The molecule has 78 valence electrons. The van der Waals surface area contributed by atoms with Crippen molar-refractivity contribution in [2.45, 2.75) is 33.1 Å². The average Bonchev–Trinajstić information content (AvgIpc) is 2.19. The molecule has 1 nitrogen and oxygen atoms in total. The molecule has 0 spiro atoms. The summed E-state index contributed by atoms with van der Waals surface area (Å²) < 4.78 is 13.1. The van der Waals surface area contributed by atoms with Crippen molar-refractivity contribution in [3.63, 3.8) is 0 Å². The molecular formula is C12H18FN. The molecule has 1 N–H and O–H groups in total. The molecule has 14 heavy (non-hydrogen) atoms. The normalized spacial score (nSPS) is 10.2. The van der Waals surface area contributed by atoms with Gasteiger partial charge in [0.25, 0.3) is 0 Å². The van der Waals surface area contributed by atoms with Crippen LogP contribution in [-0.2, 0) is 0 Å². The molecule has 0 fully saturated rings. The molecule has 0 aromatic heterocycles. The Hall–Kier alpha value is -1.05. The van der Waals surface area contributed by atoms with Gasteiger partial charge in [-0.2, -0.15) is 0 Å². The van der Waals surface area contributed by atoms with E-state index in [-0.39, 0.29) is 5.82 Å². The predicted octanol–water partition coefficient (Wildman–Crippen LogP) is 3.74. The van der Waals surface area contributed by atoms with Crippen molar-refractivity contribution in [2.24, 2.45) is 0 Å². The first kappa shape index (κ1) is 11.0. The third-order valence-electron chi connectivity index (χ3n) is 2.36. The second-order valence-electron chi connectivity index (χ2n) is 3.55. The predicted molar refractivity (Wildman–Crippen MR) is 59.2 cm³/mol. The van der Waals surface area contributed by atoms with E-state index in [1.807, 2.05) is 6.07 Å². The fourth-order valence-corrected chi connectivity index (χ4v) is 1.40. The molecule has 0 aliphatic rings. The number of hydrogen-bond acceptors (Lipinski definition) is 1. The Morgan fingerprint density at radius 1 is 1.29 bits per heavy atom. The van der Waals surface area contributed by atoms with Crippen LogP contribution < -0.4 is 5.32 Å². The molecule has 2 heteroatoms. The van der Waals surface area contributed by atoms with Crippen molar-refractivity contribution >= 4 is 5.69 Å². The number of hydrogen-bond donors (Lipinski definition) is 1. The van der Waals surface area contributed by atoms with Crippen molar-refractivity contribution in [2.75, 3.05) is 11.9 Å². The van der Waals surface area contributed by atoms with Gasteiger partial charge in [0.2, 0.25) is 0 Å². The zero-order valence-corrected chi connectivity index (χ0v) is 8.94. The largest absolute Gasteiger partial charge is 0.385 e. The van der Waals surface area contributed by atoms with Gasteiger partial charge in [-0.15, -0.1) is 0 Å². The summed E-state index contributed by atoms with van der Waals surface area (Å²) in [5.74, 6) is -0.134. The number of unbranched alkanes of at least 4 members (excludes halogenated alkanes) is 2. The van der Waals surface area contributed by atoms with Gasteiger partial charge in [0.1, 0.15) is 5.82 Å². The third-order valence-corrected chi connectivity index (χ3v) is 2.36. The van der Waals surface area contributed by atoms with Crippen LogP contribution in [0.1, 0.15) is 31.7 Å². The lowest BCUT2D eigenvalue weighted by atomic mass is 10.2. The van der Waals surface area contributed by atoms with Gasteiger partial charge in [-0.3, -0.25) is 0 Å². The van der Waals surface area contributed by atoms with E-state index in [1.165, 1.54) is 18.9 Å². The molecule has 0 saturated carbocycles. The molecule has 0 atom stereocenters. The van der Waals surface area contributed by atoms with Crippen LogP contribution >= 0.6 is 0 Å². The van der Waals surface area contributed by atoms with Gasteiger partial charge in [0.05, 0.1) is 0 Å². The van der Waals surface area contributed by atoms with Gasteiger partial charge in [0, 0.05) is 17.8 Å². The number of anilines is 1. The average molecular weight is 195 g/mol. The highest BCUT2D eigenvalue weighted by molar-refractivity contribution is 5.50. The van der Waals surface area contributed by atoms with Crippen LogP contribution in [0.2, 0.25) is 0 Å². The van der Waals surface area contributed by atoms with E-state index in [0.29, 0.717) is 5.56 Å². The Bertz CT molecular complexity index is 284. The molecule has 0 bridgehead atoms. The summed E-state index contributed by atoms with van der Waals surface area (Å²) >= 11 is 0. The molecule has 0 aliphatic heterocycles. The summed E-state index contributed by atoms with van der Waals surface area (Å²) in [6.45, 7) is 4.91. The first-order chi connectivity index (χ1) is 6.75. The smallest absolute Gasteiger partial charge is 0.128 e. The quantitative estimate of drug-likeness (QED) is 0.706. The maximum atomic E-state index is 13.1. The summed E-state index contributed by atoms with van der Waals surface area (Å²) in [6.07, 6.45) is 3.58. The fraction of sp³-hybridized carbons (Fsp3) is 0.500. The van der Waals surface area contributed by atoms with Gasteiger partial charge >= 0.3 is 0 Å². The third kappa shape index (κ3) is 3.02. The number of nitrogens with one attached hydrogen (secondary N) is 1. The van der Waals surface area contributed by atoms with E-state index < -0.39 is 0 Å². The molecule has 0 unspecified atom stereocenters. The summed E-state index contributed by atoms with van der Waals surface area (Å²) in [5.41, 5.74) is 1.63. The van der Waals surface area contributed by atoms with Crippen molar-refractivity contribution in [3.8, 4) is 0 Å². The highest BCUT2D eigenvalue weighted by Crippen LogP contribution is 2.17. The summed E-state index contributed by atoms with van der Waals surface area (Å²) in [7, 11) is 0. The van der Waals surface area contributed by atoms with Gasteiger partial charge < -0.3 is 5.32 Å². The standard InChI is InChI=1S/C12H18FN/c1-3-4-5-9-14-12-8-6-7-11(13)10(12)2/h6-8,14H,3-5,9H2,1-2H3. The Balaban J connectivity index is 2.46. The van der Waals surface area contributed by atoms with Gasteiger partial charge in [-0.05, 0) is 25.5 Å². The highest BCUT2D eigenvalue weighted by Gasteiger charge is 2.01. The second kappa shape index (κ2) is 5.63. The minimum Gasteiger partial charge on any atom is -0.385 e. The van der Waals surface area contributed by atoms with E-state index >= 15 is 0 Å². The van der Waals surface area contributed by atoms with Crippen LogP contribution in [0, 0.1) is 12.7 Å². The second-order valence-corrected chi connectivity index (χ2v) is 3.55. The van der Waals surface area contributed by atoms with E-state index in [2.05, 4.69) is 12.2 Å². The first-order valence-electron chi connectivity index (χ1n) is 5.24. The molecular weight excluding hydrogens is 177 g/mol. The SMILES string of the molecule is CCCCCNc1cccc(F)c1C. The van der Waals surface area contributed by atoms with Crippen molar-refractivity contribution in [1.29, 1.82) is 0 Å². The van der Waals surface area contributed by atoms with Crippen LogP contribution in [-0.4, -0.2) is 6.54 Å². The summed E-state index contributed by atoms with van der Waals surface area (Å²) in [4.78, 5) is 0. The van der Waals surface area contributed by atoms with Crippen molar-refractivity contribution in [3.05, 3.63) is 29.6 Å². The molecule has 0 saturated heterocycles. The van der Waals surface area contributed by atoms with Crippen LogP contribution in [0.4, 0.5) is 10.1 Å². The molecule has 1 aromatic rings. The summed E-state index contributed by atoms with van der Waals surface area (Å²) in [6, 6.07) is 5.15. The maximum Gasteiger partial charge on any atom is 0.128 e. The molecule has 0 aliphatic carbocycles. The van der Waals surface area contributed by atoms with Gasteiger partial charge in [0.15, 0.2) is 0 Å². The van der Waals surface area contributed by atoms with Crippen LogP contribution in [0.3, 0.4) is 0 Å². The lowest BCUT2D eigenvalue weighted by Gasteiger charge is -2.09. The molecule has 0 radical (unpaired) electrons. The Kier molecular flexibility index (Phi) is 4.44. The van der Waals surface area contributed by atoms with E-state index in [0.717, 1.165) is 18.7 Å². The fourth-order valence-electron chi connectivity index (χ4n) is 1.40. The monoisotopic (exact) mass is 195 g/mol. The number of rotatable bonds is 5. The Morgan fingerprint density at radius 2 is 2.07 bits per heavy atom. The Morgan fingerprint density at radius 3 is 2.79 bits per heavy atom. The molecule has 0 heterocycles. The molecule has 0 amide bonds. The molecule has 1 rings (SSSR count). The first-order valence-corrected chi connectivity index (χ1v) is 5.24. The van der Waals surface area contributed by atoms with Crippen LogP contribution in [0.25, 0.3) is 0 Å². The zero-order valence-electron chi connectivity index (χ0n) is 8.94. The number of halogens is 1.